The Morgan fingerprint density at radius 3 is 2.70 bits per heavy atom. The van der Waals surface area contributed by atoms with Crippen molar-refractivity contribution in [1.82, 2.24) is 0 Å². The fourth-order valence-corrected chi connectivity index (χ4v) is 0.740. The van der Waals surface area contributed by atoms with Crippen LogP contribution in [0.25, 0.3) is 0 Å². The summed E-state index contributed by atoms with van der Waals surface area (Å²) in [6.07, 6.45) is 6.76. The Kier molecular flexibility index (Phi) is 6.61. The SMILES string of the molecule is C/C=C/[C@H](C)OCCCC. The molecular weight excluding hydrogens is 124 g/mol. The Labute approximate surface area is 64.1 Å². The van der Waals surface area contributed by atoms with Gasteiger partial charge in [0.05, 0.1) is 6.10 Å². The van der Waals surface area contributed by atoms with E-state index in [-0.39, 0.29) is 6.10 Å². The van der Waals surface area contributed by atoms with E-state index in [1.54, 1.807) is 0 Å². The van der Waals surface area contributed by atoms with Gasteiger partial charge in [-0.05, 0) is 20.3 Å². The molecule has 0 amide bonds. The molecule has 0 radical (unpaired) electrons. The van der Waals surface area contributed by atoms with E-state index in [1.165, 1.54) is 12.8 Å². The van der Waals surface area contributed by atoms with Crippen LogP contribution in [0.15, 0.2) is 12.2 Å². The second-order valence-electron chi connectivity index (χ2n) is 2.46. The minimum Gasteiger partial charge on any atom is -0.374 e. The molecule has 0 N–H and O–H groups in total. The van der Waals surface area contributed by atoms with E-state index in [0.29, 0.717) is 0 Å². The first-order chi connectivity index (χ1) is 4.81. The van der Waals surface area contributed by atoms with Crippen LogP contribution >= 0.6 is 0 Å². The molecule has 0 heterocycles. The molecule has 0 fully saturated rings. The quantitative estimate of drug-likeness (QED) is 0.423. The normalized spacial score (nSPS) is 14.3. The van der Waals surface area contributed by atoms with Crippen molar-refractivity contribution in [3.8, 4) is 0 Å². The molecule has 0 saturated carbocycles. The summed E-state index contributed by atoms with van der Waals surface area (Å²) in [5.41, 5.74) is 0. The van der Waals surface area contributed by atoms with Gasteiger partial charge in [0.25, 0.3) is 0 Å². The molecule has 0 unspecified atom stereocenters. The van der Waals surface area contributed by atoms with Gasteiger partial charge in [0, 0.05) is 6.61 Å². The van der Waals surface area contributed by atoms with E-state index in [9.17, 15) is 0 Å². The van der Waals surface area contributed by atoms with Crippen molar-refractivity contribution in [1.29, 1.82) is 0 Å². The first-order valence-corrected chi connectivity index (χ1v) is 4.05. The molecule has 0 aromatic rings. The van der Waals surface area contributed by atoms with Gasteiger partial charge in [-0.2, -0.15) is 0 Å². The van der Waals surface area contributed by atoms with Crippen LogP contribution in [0.4, 0.5) is 0 Å². The second-order valence-corrected chi connectivity index (χ2v) is 2.46. The van der Waals surface area contributed by atoms with E-state index < -0.39 is 0 Å². The Bertz CT molecular complexity index is 86.7. The Morgan fingerprint density at radius 2 is 2.20 bits per heavy atom. The van der Waals surface area contributed by atoms with Gasteiger partial charge in [0.15, 0.2) is 0 Å². The number of rotatable bonds is 5. The minimum atomic E-state index is 0.288. The van der Waals surface area contributed by atoms with Gasteiger partial charge in [-0.15, -0.1) is 0 Å². The van der Waals surface area contributed by atoms with Crippen molar-refractivity contribution in [3.63, 3.8) is 0 Å². The van der Waals surface area contributed by atoms with Crippen LogP contribution in [-0.4, -0.2) is 12.7 Å². The largest absolute Gasteiger partial charge is 0.374 e. The zero-order valence-electron chi connectivity index (χ0n) is 7.26. The molecule has 0 aliphatic heterocycles. The molecule has 0 aliphatic carbocycles. The summed E-state index contributed by atoms with van der Waals surface area (Å²) in [6.45, 7) is 7.14. The molecular formula is C9H18O. The van der Waals surface area contributed by atoms with Gasteiger partial charge in [-0.25, -0.2) is 0 Å². The molecule has 1 heteroatoms. The van der Waals surface area contributed by atoms with Gasteiger partial charge in [0.2, 0.25) is 0 Å². The first kappa shape index (κ1) is 9.70. The molecule has 0 rings (SSSR count). The fourth-order valence-electron chi connectivity index (χ4n) is 0.740. The van der Waals surface area contributed by atoms with Crippen molar-refractivity contribution < 1.29 is 4.74 Å². The van der Waals surface area contributed by atoms with E-state index in [0.717, 1.165) is 6.61 Å². The smallest absolute Gasteiger partial charge is 0.0727 e. The van der Waals surface area contributed by atoms with E-state index in [2.05, 4.69) is 19.9 Å². The van der Waals surface area contributed by atoms with Crippen LogP contribution in [0, 0.1) is 0 Å². The van der Waals surface area contributed by atoms with E-state index >= 15 is 0 Å². The predicted molar refractivity (Wildman–Crippen MR) is 45.1 cm³/mol. The Morgan fingerprint density at radius 1 is 1.50 bits per heavy atom. The van der Waals surface area contributed by atoms with Gasteiger partial charge in [-0.3, -0.25) is 0 Å². The molecule has 10 heavy (non-hydrogen) atoms. The zero-order chi connectivity index (χ0) is 7.82. The van der Waals surface area contributed by atoms with E-state index in [1.807, 2.05) is 13.0 Å². The van der Waals surface area contributed by atoms with Gasteiger partial charge in [0.1, 0.15) is 0 Å². The summed E-state index contributed by atoms with van der Waals surface area (Å²) in [7, 11) is 0. The number of ether oxygens (including phenoxy) is 1. The summed E-state index contributed by atoms with van der Waals surface area (Å²) in [5.74, 6) is 0. The highest BCUT2D eigenvalue weighted by Gasteiger charge is 1.92. The van der Waals surface area contributed by atoms with Crippen molar-refractivity contribution in [3.05, 3.63) is 12.2 Å². The molecule has 1 nitrogen and oxygen atoms in total. The molecule has 0 aliphatic rings. The van der Waals surface area contributed by atoms with E-state index in [4.69, 9.17) is 4.74 Å². The molecule has 0 saturated heterocycles. The standard InChI is InChI=1S/C9H18O/c1-4-6-8-10-9(3)7-5-2/h5,7,9H,4,6,8H2,1-3H3/b7-5+/t9-/m0/s1. The molecule has 60 valence electrons. The maximum absolute atomic E-state index is 5.44. The third kappa shape index (κ3) is 5.83. The molecule has 0 aromatic heterocycles. The van der Waals surface area contributed by atoms with Crippen molar-refractivity contribution in [2.75, 3.05) is 6.61 Å². The fraction of sp³-hybridized carbons (Fsp3) is 0.778. The average Bonchev–Trinajstić information content (AvgIpc) is 1.89. The highest BCUT2D eigenvalue weighted by Crippen LogP contribution is 1.95. The van der Waals surface area contributed by atoms with Crippen molar-refractivity contribution in [2.24, 2.45) is 0 Å². The van der Waals surface area contributed by atoms with Crippen LogP contribution < -0.4 is 0 Å². The lowest BCUT2D eigenvalue weighted by atomic mass is 10.3. The average molecular weight is 142 g/mol. The lowest BCUT2D eigenvalue weighted by Gasteiger charge is -2.06. The minimum absolute atomic E-state index is 0.288. The summed E-state index contributed by atoms with van der Waals surface area (Å²) < 4.78 is 5.44. The molecule has 0 aromatic carbocycles. The van der Waals surface area contributed by atoms with Gasteiger partial charge in [-0.1, -0.05) is 25.5 Å². The van der Waals surface area contributed by atoms with Crippen molar-refractivity contribution in [2.45, 2.75) is 39.7 Å². The van der Waals surface area contributed by atoms with Crippen LogP contribution in [-0.2, 0) is 4.74 Å². The van der Waals surface area contributed by atoms with Crippen LogP contribution in [0.5, 0.6) is 0 Å². The molecule has 0 spiro atoms. The molecule has 0 bridgehead atoms. The van der Waals surface area contributed by atoms with Crippen molar-refractivity contribution >= 4 is 0 Å². The van der Waals surface area contributed by atoms with Gasteiger partial charge < -0.3 is 4.74 Å². The summed E-state index contributed by atoms with van der Waals surface area (Å²) in [6, 6.07) is 0. The maximum Gasteiger partial charge on any atom is 0.0727 e. The lowest BCUT2D eigenvalue weighted by molar-refractivity contribution is 0.0949. The lowest BCUT2D eigenvalue weighted by Crippen LogP contribution is -2.05. The van der Waals surface area contributed by atoms with Crippen LogP contribution in [0.1, 0.15) is 33.6 Å². The number of allylic oxidation sites excluding steroid dienone is 1. The Hall–Kier alpha value is -0.300. The number of hydrogen-bond donors (Lipinski definition) is 0. The number of unbranched alkanes of at least 4 members (excludes halogenated alkanes) is 1. The summed E-state index contributed by atoms with van der Waals surface area (Å²) >= 11 is 0. The third-order valence-electron chi connectivity index (χ3n) is 1.34. The summed E-state index contributed by atoms with van der Waals surface area (Å²) in [4.78, 5) is 0. The zero-order valence-corrected chi connectivity index (χ0v) is 7.26. The summed E-state index contributed by atoms with van der Waals surface area (Å²) in [5, 5.41) is 0. The monoisotopic (exact) mass is 142 g/mol. The van der Waals surface area contributed by atoms with Crippen LogP contribution in [0.2, 0.25) is 0 Å². The number of hydrogen-bond acceptors (Lipinski definition) is 1. The maximum atomic E-state index is 5.44. The molecule has 1 atom stereocenters. The first-order valence-electron chi connectivity index (χ1n) is 4.05. The second kappa shape index (κ2) is 6.81. The highest BCUT2D eigenvalue weighted by molar-refractivity contribution is 4.83. The van der Waals surface area contributed by atoms with Gasteiger partial charge >= 0.3 is 0 Å². The van der Waals surface area contributed by atoms with Crippen LogP contribution in [0.3, 0.4) is 0 Å². The topological polar surface area (TPSA) is 9.23 Å². The predicted octanol–water partition coefficient (Wildman–Crippen LogP) is 2.77. The highest BCUT2D eigenvalue weighted by atomic mass is 16.5. The third-order valence-corrected chi connectivity index (χ3v) is 1.34. The Balaban J connectivity index is 3.13.